The summed E-state index contributed by atoms with van der Waals surface area (Å²) >= 11 is 0. The van der Waals surface area contributed by atoms with Gasteiger partial charge >= 0.3 is 17.9 Å². The highest BCUT2D eigenvalue weighted by molar-refractivity contribution is 5.71. The molecule has 0 spiro atoms. The van der Waals surface area contributed by atoms with Crippen LogP contribution in [0.5, 0.6) is 0 Å². The summed E-state index contributed by atoms with van der Waals surface area (Å²) in [5.41, 5.74) is 0. The van der Waals surface area contributed by atoms with E-state index in [1.807, 2.05) is 0 Å². The standard InChI is InChI=1S/C61H102O6/c1-4-7-10-13-16-19-22-25-28-29-30-31-34-36-39-42-45-48-51-54-60(63)66-57-58(67-61(64)55-52-49-46-43-40-37-33-27-24-21-18-15-12-9-6-3)56-65-59(62)53-50-47-44-41-38-35-32-26-23-20-17-14-11-8-5-2/h7,10,16,18-19,21,25-28,30-33,36,39,58H,4-6,8-9,11-15,17,20,22-24,29,34-35,37-38,40-57H2,1-3H3/b10-7-,19-16-,21-18-,28-25-,31-30-,32-26-,33-27-,39-36-/t58-/m1/s1. The Labute approximate surface area is 413 Å². The fraction of sp³-hybridized carbons (Fsp3) is 0.689. The summed E-state index contributed by atoms with van der Waals surface area (Å²) in [4.78, 5) is 38.1. The summed E-state index contributed by atoms with van der Waals surface area (Å²) < 4.78 is 16.8. The van der Waals surface area contributed by atoms with E-state index in [1.165, 1.54) is 83.5 Å². The lowest BCUT2D eigenvalue weighted by Gasteiger charge is -2.18. The molecule has 0 bridgehead atoms. The largest absolute Gasteiger partial charge is 0.462 e. The second-order valence-corrected chi connectivity index (χ2v) is 18.1. The van der Waals surface area contributed by atoms with E-state index in [4.69, 9.17) is 14.2 Å². The van der Waals surface area contributed by atoms with Crippen molar-refractivity contribution >= 4 is 17.9 Å². The van der Waals surface area contributed by atoms with Crippen LogP contribution < -0.4 is 0 Å². The Balaban J connectivity index is 4.49. The van der Waals surface area contributed by atoms with Gasteiger partial charge in [0.15, 0.2) is 6.10 Å². The Kier molecular flexibility index (Phi) is 51.9. The van der Waals surface area contributed by atoms with Crippen LogP contribution in [0.4, 0.5) is 0 Å². The van der Waals surface area contributed by atoms with Gasteiger partial charge in [-0.25, -0.2) is 0 Å². The third-order valence-corrected chi connectivity index (χ3v) is 11.5. The maximum Gasteiger partial charge on any atom is 0.306 e. The molecule has 1 atom stereocenters. The second-order valence-electron chi connectivity index (χ2n) is 18.1. The highest BCUT2D eigenvalue weighted by atomic mass is 16.6. The predicted molar refractivity (Wildman–Crippen MR) is 288 cm³/mol. The van der Waals surface area contributed by atoms with Gasteiger partial charge in [-0.05, 0) is 122 Å². The molecule has 382 valence electrons. The Bertz CT molecular complexity index is 1350. The van der Waals surface area contributed by atoms with E-state index in [-0.39, 0.29) is 31.1 Å². The lowest BCUT2D eigenvalue weighted by atomic mass is 10.1. The number of hydrogen-bond acceptors (Lipinski definition) is 6. The van der Waals surface area contributed by atoms with E-state index in [1.54, 1.807) is 0 Å². The minimum Gasteiger partial charge on any atom is -0.462 e. The summed E-state index contributed by atoms with van der Waals surface area (Å²) in [5, 5.41) is 0. The number of allylic oxidation sites excluding steroid dienone is 16. The maximum absolute atomic E-state index is 12.8. The molecule has 0 heterocycles. The van der Waals surface area contributed by atoms with E-state index in [2.05, 4.69) is 118 Å². The Morgan fingerprint density at radius 3 is 0.970 bits per heavy atom. The van der Waals surface area contributed by atoms with Crippen LogP contribution in [0, 0.1) is 0 Å². The molecule has 0 unspecified atom stereocenters. The normalized spacial score (nSPS) is 12.8. The monoisotopic (exact) mass is 931 g/mol. The van der Waals surface area contributed by atoms with Crippen LogP contribution in [0.25, 0.3) is 0 Å². The van der Waals surface area contributed by atoms with Gasteiger partial charge in [-0.1, -0.05) is 208 Å². The summed E-state index contributed by atoms with van der Waals surface area (Å²) in [6, 6.07) is 0. The highest BCUT2D eigenvalue weighted by Gasteiger charge is 2.19. The lowest BCUT2D eigenvalue weighted by Crippen LogP contribution is -2.30. The maximum atomic E-state index is 12.8. The SMILES string of the molecule is CC/C=C\C/C=C\C/C=C\C/C=C\C/C=C\CCCCCC(=O)OC[C@@H](COC(=O)CCCCCCC/C=C\CCCCCCCC)OC(=O)CCCCCCC/C=C\C/C=C\CCCCC. The van der Waals surface area contributed by atoms with Gasteiger partial charge in [0.25, 0.3) is 0 Å². The number of carbonyl (C=O) groups excluding carboxylic acids is 3. The molecule has 6 heteroatoms. The first-order valence-corrected chi connectivity index (χ1v) is 27.7. The third-order valence-electron chi connectivity index (χ3n) is 11.5. The molecule has 0 saturated heterocycles. The Hall–Kier alpha value is -3.67. The number of hydrogen-bond donors (Lipinski definition) is 0. The Morgan fingerprint density at radius 1 is 0.313 bits per heavy atom. The van der Waals surface area contributed by atoms with Gasteiger partial charge in [-0.3, -0.25) is 14.4 Å². The van der Waals surface area contributed by atoms with Gasteiger partial charge in [0, 0.05) is 19.3 Å². The molecule has 0 aliphatic carbocycles. The molecule has 0 radical (unpaired) electrons. The van der Waals surface area contributed by atoms with Crippen molar-refractivity contribution in [2.45, 2.75) is 258 Å². The van der Waals surface area contributed by atoms with Gasteiger partial charge in [-0.2, -0.15) is 0 Å². The summed E-state index contributed by atoms with van der Waals surface area (Å²) in [7, 11) is 0. The van der Waals surface area contributed by atoms with Crippen LogP contribution in [0.15, 0.2) is 97.2 Å². The molecular formula is C61H102O6. The molecule has 6 nitrogen and oxygen atoms in total. The van der Waals surface area contributed by atoms with Crippen LogP contribution in [0.1, 0.15) is 252 Å². The van der Waals surface area contributed by atoms with Gasteiger partial charge in [0.2, 0.25) is 0 Å². The van der Waals surface area contributed by atoms with Crippen molar-refractivity contribution in [1.29, 1.82) is 0 Å². The zero-order chi connectivity index (χ0) is 48.6. The Morgan fingerprint density at radius 2 is 0.582 bits per heavy atom. The number of ether oxygens (including phenoxy) is 3. The predicted octanol–water partition coefficient (Wildman–Crippen LogP) is 18.5. The quantitative estimate of drug-likeness (QED) is 0.0262. The fourth-order valence-electron chi connectivity index (χ4n) is 7.37. The molecule has 0 aromatic rings. The van der Waals surface area contributed by atoms with E-state index in [0.717, 1.165) is 128 Å². The topological polar surface area (TPSA) is 78.9 Å². The van der Waals surface area contributed by atoms with E-state index < -0.39 is 6.10 Å². The zero-order valence-corrected chi connectivity index (χ0v) is 43.6. The first-order chi connectivity index (χ1) is 33.0. The molecule has 0 aliphatic rings. The van der Waals surface area contributed by atoms with Gasteiger partial charge in [0.05, 0.1) is 0 Å². The average Bonchev–Trinajstić information content (AvgIpc) is 3.33. The smallest absolute Gasteiger partial charge is 0.306 e. The number of esters is 3. The second kappa shape index (κ2) is 54.9. The lowest BCUT2D eigenvalue weighted by molar-refractivity contribution is -0.167. The van der Waals surface area contributed by atoms with Gasteiger partial charge in [0.1, 0.15) is 13.2 Å². The van der Waals surface area contributed by atoms with Crippen molar-refractivity contribution in [2.24, 2.45) is 0 Å². The van der Waals surface area contributed by atoms with Crippen LogP contribution >= 0.6 is 0 Å². The van der Waals surface area contributed by atoms with Gasteiger partial charge < -0.3 is 14.2 Å². The average molecular weight is 931 g/mol. The van der Waals surface area contributed by atoms with Gasteiger partial charge in [-0.15, -0.1) is 0 Å². The summed E-state index contributed by atoms with van der Waals surface area (Å²) in [6.45, 7) is 6.45. The molecule has 0 aliphatic heterocycles. The van der Waals surface area contributed by atoms with Crippen molar-refractivity contribution in [3.63, 3.8) is 0 Å². The van der Waals surface area contributed by atoms with Crippen molar-refractivity contribution in [1.82, 2.24) is 0 Å². The first-order valence-electron chi connectivity index (χ1n) is 27.7. The third kappa shape index (κ3) is 53.2. The number of carbonyl (C=O) groups is 3. The van der Waals surface area contributed by atoms with Crippen LogP contribution in [-0.2, 0) is 28.6 Å². The van der Waals surface area contributed by atoms with E-state index in [9.17, 15) is 14.4 Å². The van der Waals surface area contributed by atoms with Crippen molar-refractivity contribution in [3.8, 4) is 0 Å². The summed E-state index contributed by atoms with van der Waals surface area (Å²) in [5.74, 6) is -0.953. The highest BCUT2D eigenvalue weighted by Crippen LogP contribution is 2.13. The molecule has 0 saturated carbocycles. The zero-order valence-electron chi connectivity index (χ0n) is 43.6. The number of unbranched alkanes of at least 4 members (excludes halogenated alkanes) is 22. The molecular weight excluding hydrogens is 829 g/mol. The van der Waals surface area contributed by atoms with Crippen LogP contribution in [0.3, 0.4) is 0 Å². The summed E-state index contributed by atoms with van der Waals surface area (Å²) in [6.07, 6.45) is 72.4. The molecule has 0 aromatic carbocycles. The van der Waals surface area contributed by atoms with Crippen molar-refractivity contribution in [2.75, 3.05) is 13.2 Å². The van der Waals surface area contributed by atoms with Crippen LogP contribution in [-0.4, -0.2) is 37.2 Å². The fourth-order valence-corrected chi connectivity index (χ4v) is 7.37. The van der Waals surface area contributed by atoms with E-state index in [0.29, 0.717) is 19.3 Å². The minimum absolute atomic E-state index is 0.0989. The van der Waals surface area contributed by atoms with Crippen LogP contribution in [0.2, 0.25) is 0 Å². The van der Waals surface area contributed by atoms with Crippen molar-refractivity contribution in [3.05, 3.63) is 97.2 Å². The van der Waals surface area contributed by atoms with E-state index >= 15 is 0 Å². The minimum atomic E-state index is -0.803. The molecule has 0 fully saturated rings. The molecule has 0 aromatic heterocycles. The first kappa shape index (κ1) is 63.3. The molecule has 0 N–H and O–H groups in total. The number of rotatable bonds is 49. The molecule has 0 rings (SSSR count). The van der Waals surface area contributed by atoms with Crippen molar-refractivity contribution < 1.29 is 28.6 Å². The molecule has 0 amide bonds. The molecule has 67 heavy (non-hydrogen) atoms.